The first-order valence-corrected chi connectivity index (χ1v) is 8.86. The minimum absolute atomic E-state index is 0.0586. The maximum absolute atomic E-state index is 12.2. The highest BCUT2D eigenvalue weighted by atomic mass is 16.1. The lowest BCUT2D eigenvalue weighted by Gasteiger charge is -2.15. The topological polar surface area (TPSA) is 69.8 Å². The van der Waals surface area contributed by atoms with Crippen LogP contribution >= 0.6 is 0 Å². The molecule has 0 radical (unpaired) electrons. The highest BCUT2D eigenvalue weighted by Gasteiger charge is 2.19. The first-order valence-electron chi connectivity index (χ1n) is 8.86. The molecule has 128 valence electrons. The lowest BCUT2D eigenvalue weighted by molar-refractivity contribution is -0.122. The summed E-state index contributed by atoms with van der Waals surface area (Å²) in [6.07, 6.45) is 5.39. The van der Waals surface area contributed by atoms with E-state index < -0.39 is 0 Å². The van der Waals surface area contributed by atoms with Gasteiger partial charge in [0.1, 0.15) is 5.82 Å². The first-order chi connectivity index (χ1) is 11.8. The molecule has 2 aromatic rings. The van der Waals surface area contributed by atoms with Crippen LogP contribution in [0.4, 0.5) is 0 Å². The average molecular weight is 326 g/mol. The molecular formula is C19H26N4O. The molecule has 5 nitrogen and oxygen atoms in total. The van der Waals surface area contributed by atoms with Crippen molar-refractivity contribution < 1.29 is 4.79 Å². The van der Waals surface area contributed by atoms with Crippen LogP contribution < -0.4 is 10.6 Å². The Morgan fingerprint density at radius 2 is 2.21 bits per heavy atom. The van der Waals surface area contributed by atoms with Crippen molar-refractivity contribution >= 4 is 5.91 Å². The number of nitrogens with one attached hydrogen (secondary N) is 3. The van der Waals surface area contributed by atoms with Crippen molar-refractivity contribution in [3.05, 3.63) is 42.4 Å². The molecular weight excluding hydrogens is 300 g/mol. The van der Waals surface area contributed by atoms with E-state index in [1.165, 1.54) is 6.42 Å². The molecule has 1 fully saturated rings. The largest absolute Gasteiger partial charge is 0.346 e. The Balaban J connectivity index is 1.57. The molecule has 3 rings (SSSR count). The van der Waals surface area contributed by atoms with Gasteiger partial charge in [0.15, 0.2) is 0 Å². The number of nitrogens with zero attached hydrogens (tertiary/aromatic N) is 1. The number of carbonyl (C=O) groups excluding carboxylic acids is 1. The van der Waals surface area contributed by atoms with E-state index >= 15 is 0 Å². The smallest absolute Gasteiger partial charge is 0.220 e. The third-order valence-corrected chi connectivity index (χ3v) is 4.70. The summed E-state index contributed by atoms with van der Waals surface area (Å²) in [6.45, 7) is 4.19. The van der Waals surface area contributed by atoms with Crippen molar-refractivity contribution in [1.29, 1.82) is 0 Å². The van der Waals surface area contributed by atoms with E-state index in [0.717, 1.165) is 43.0 Å². The van der Waals surface area contributed by atoms with Crippen molar-refractivity contribution in [3.63, 3.8) is 0 Å². The number of aromatic amines is 1. The number of H-pyrrole nitrogens is 1. The Morgan fingerprint density at radius 1 is 1.38 bits per heavy atom. The van der Waals surface area contributed by atoms with Gasteiger partial charge in [-0.15, -0.1) is 0 Å². The van der Waals surface area contributed by atoms with Gasteiger partial charge in [-0.1, -0.05) is 37.3 Å². The van der Waals surface area contributed by atoms with Crippen molar-refractivity contribution in [2.75, 3.05) is 13.1 Å². The zero-order valence-corrected chi connectivity index (χ0v) is 14.2. The monoisotopic (exact) mass is 326 g/mol. The maximum Gasteiger partial charge on any atom is 0.220 e. The predicted octanol–water partition coefficient (Wildman–Crippen LogP) is 3.03. The summed E-state index contributed by atoms with van der Waals surface area (Å²) < 4.78 is 0. The van der Waals surface area contributed by atoms with Crippen LogP contribution in [0, 0.1) is 5.92 Å². The molecule has 2 unspecified atom stereocenters. The molecule has 3 N–H and O–H groups in total. The van der Waals surface area contributed by atoms with Gasteiger partial charge in [0, 0.05) is 6.42 Å². The average Bonchev–Trinajstić information content (AvgIpc) is 3.30. The van der Waals surface area contributed by atoms with Crippen LogP contribution in [0.15, 0.2) is 36.5 Å². The molecule has 5 heteroatoms. The van der Waals surface area contributed by atoms with Crippen LogP contribution in [0.2, 0.25) is 0 Å². The van der Waals surface area contributed by atoms with Crippen molar-refractivity contribution in [2.45, 2.75) is 38.6 Å². The molecule has 2 heterocycles. The summed E-state index contributed by atoms with van der Waals surface area (Å²) in [5, 5.41) is 6.46. The van der Waals surface area contributed by atoms with E-state index in [-0.39, 0.29) is 11.9 Å². The second-order valence-corrected chi connectivity index (χ2v) is 6.47. The summed E-state index contributed by atoms with van der Waals surface area (Å²) in [7, 11) is 0. The van der Waals surface area contributed by atoms with Gasteiger partial charge >= 0.3 is 0 Å². The third kappa shape index (κ3) is 4.23. The number of hydrogen-bond acceptors (Lipinski definition) is 3. The zero-order chi connectivity index (χ0) is 16.8. The Kier molecular flexibility index (Phi) is 5.64. The van der Waals surface area contributed by atoms with Gasteiger partial charge in [0.25, 0.3) is 0 Å². The van der Waals surface area contributed by atoms with E-state index in [9.17, 15) is 4.79 Å². The van der Waals surface area contributed by atoms with Gasteiger partial charge in [-0.25, -0.2) is 4.98 Å². The fourth-order valence-electron chi connectivity index (χ4n) is 3.20. The number of benzene rings is 1. The second-order valence-electron chi connectivity index (χ2n) is 6.47. The zero-order valence-electron chi connectivity index (χ0n) is 14.2. The lowest BCUT2D eigenvalue weighted by Crippen LogP contribution is -2.29. The molecule has 1 aromatic carbocycles. The van der Waals surface area contributed by atoms with E-state index in [1.807, 2.05) is 36.5 Å². The van der Waals surface area contributed by atoms with Gasteiger partial charge in [-0.2, -0.15) is 0 Å². The van der Waals surface area contributed by atoms with Crippen LogP contribution in [-0.2, 0) is 4.79 Å². The maximum atomic E-state index is 12.2. The SMILES string of the molecule is CCC(NC(=O)CCC1CCNC1)c1ncc(-c2ccccc2)[nH]1. The van der Waals surface area contributed by atoms with Crippen LogP contribution in [0.5, 0.6) is 0 Å². The molecule has 0 saturated carbocycles. The summed E-state index contributed by atoms with van der Waals surface area (Å²) in [6, 6.07) is 10.0. The summed E-state index contributed by atoms with van der Waals surface area (Å²) in [5.41, 5.74) is 2.08. The second kappa shape index (κ2) is 8.11. The van der Waals surface area contributed by atoms with E-state index in [4.69, 9.17) is 0 Å². The standard InChI is InChI=1S/C19H26N4O/c1-2-16(22-18(24)9-8-14-10-11-20-12-14)19-21-13-17(23-19)15-6-4-3-5-7-15/h3-7,13-14,16,20H,2,8-12H2,1H3,(H,21,23)(H,22,24). The minimum Gasteiger partial charge on any atom is -0.346 e. The first kappa shape index (κ1) is 16.7. The van der Waals surface area contributed by atoms with Crippen molar-refractivity contribution in [3.8, 4) is 11.3 Å². The number of carbonyl (C=O) groups is 1. The summed E-state index contributed by atoms with van der Waals surface area (Å²) in [5.74, 6) is 1.59. The Hall–Kier alpha value is -2.14. The fourth-order valence-corrected chi connectivity index (χ4v) is 3.20. The van der Waals surface area contributed by atoms with Crippen LogP contribution in [0.25, 0.3) is 11.3 Å². The number of imidazole rings is 1. The van der Waals surface area contributed by atoms with E-state index in [0.29, 0.717) is 12.3 Å². The molecule has 1 saturated heterocycles. The summed E-state index contributed by atoms with van der Waals surface area (Å²) >= 11 is 0. The van der Waals surface area contributed by atoms with Crippen molar-refractivity contribution in [1.82, 2.24) is 20.6 Å². The van der Waals surface area contributed by atoms with Crippen LogP contribution in [-0.4, -0.2) is 29.0 Å². The molecule has 1 aliphatic rings. The van der Waals surface area contributed by atoms with Gasteiger partial charge in [-0.05, 0) is 43.8 Å². The molecule has 2 atom stereocenters. The molecule has 1 aromatic heterocycles. The minimum atomic E-state index is -0.0586. The van der Waals surface area contributed by atoms with Gasteiger partial charge in [0.05, 0.1) is 17.9 Å². The Bertz CT molecular complexity index is 646. The Morgan fingerprint density at radius 3 is 2.92 bits per heavy atom. The van der Waals surface area contributed by atoms with Gasteiger partial charge < -0.3 is 15.6 Å². The number of rotatable bonds is 7. The van der Waals surface area contributed by atoms with E-state index in [2.05, 4.69) is 27.5 Å². The molecule has 1 aliphatic heterocycles. The van der Waals surface area contributed by atoms with Gasteiger partial charge in [0.2, 0.25) is 5.91 Å². The fraction of sp³-hybridized carbons (Fsp3) is 0.474. The normalized spacial score (nSPS) is 18.5. The Labute approximate surface area is 143 Å². The lowest BCUT2D eigenvalue weighted by atomic mass is 10.0. The predicted molar refractivity (Wildman–Crippen MR) is 95.4 cm³/mol. The van der Waals surface area contributed by atoms with Crippen molar-refractivity contribution in [2.24, 2.45) is 5.92 Å². The van der Waals surface area contributed by atoms with Gasteiger partial charge in [-0.3, -0.25) is 4.79 Å². The molecule has 24 heavy (non-hydrogen) atoms. The molecule has 0 aliphatic carbocycles. The number of aromatic nitrogens is 2. The summed E-state index contributed by atoms with van der Waals surface area (Å²) in [4.78, 5) is 20.1. The van der Waals surface area contributed by atoms with E-state index in [1.54, 1.807) is 0 Å². The quantitative estimate of drug-likeness (QED) is 0.732. The highest BCUT2D eigenvalue weighted by molar-refractivity contribution is 5.76. The van der Waals surface area contributed by atoms with Crippen LogP contribution in [0.3, 0.4) is 0 Å². The molecule has 0 spiro atoms. The molecule has 1 amide bonds. The highest BCUT2D eigenvalue weighted by Crippen LogP contribution is 2.21. The number of hydrogen-bond donors (Lipinski definition) is 3. The number of amides is 1. The molecule has 0 bridgehead atoms. The third-order valence-electron chi connectivity index (χ3n) is 4.70. The van der Waals surface area contributed by atoms with Crippen LogP contribution in [0.1, 0.15) is 44.5 Å².